The molecule has 0 aromatic carbocycles. The van der Waals surface area contributed by atoms with E-state index in [1.165, 1.54) is 49.6 Å². The first-order chi connectivity index (χ1) is 13.8. The van der Waals surface area contributed by atoms with Crippen molar-refractivity contribution in [1.82, 2.24) is 9.80 Å². The predicted molar refractivity (Wildman–Crippen MR) is 115 cm³/mol. The average molecular weight is 435 g/mol. The lowest BCUT2D eigenvalue weighted by molar-refractivity contribution is -0.154. The van der Waals surface area contributed by atoms with Gasteiger partial charge in [0.15, 0.2) is 0 Å². The third kappa shape index (κ3) is 11.3. The van der Waals surface area contributed by atoms with E-state index in [4.69, 9.17) is 21.1 Å². The molecule has 0 aliphatic carbocycles. The number of nitrogens with zero attached hydrogens (tertiary/aromatic N) is 2. The summed E-state index contributed by atoms with van der Waals surface area (Å²) in [4.78, 5) is 39.3. The zero-order valence-corrected chi connectivity index (χ0v) is 19.5. The van der Waals surface area contributed by atoms with Crippen LogP contribution in [0.4, 0.5) is 4.79 Å². The highest BCUT2D eigenvalue weighted by Gasteiger charge is 2.31. The molecule has 7 nitrogen and oxygen atoms in total. The van der Waals surface area contributed by atoms with Gasteiger partial charge < -0.3 is 14.4 Å². The average Bonchev–Trinajstić information content (AvgIpc) is 2.72. The van der Waals surface area contributed by atoms with Gasteiger partial charge in [0.25, 0.3) is 0 Å². The van der Waals surface area contributed by atoms with Crippen molar-refractivity contribution < 1.29 is 23.9 Å². The van der Waals surface area contributed by atoms with Crippen molar-refractivity contribution in [3.05, 3.63) is 0 Å². The van der Waals surface area contributed by atoms with Gasteiger partial charge in [-0.1, -0.05) is 45.4 Å². The maximum absolute atomic E-state index is 12.6. The molecule has 0 aromatic heterocycles. The summed E-state index contributed by atoms with van der Waals surface area (Å²) in [6, 6.07) is -1.49. The summed E-state index contributed by atoms with van der Waals surface area (Å²) in [7, 11) is 3.02. The minimum atomic E-state index is -0.762. The SMILES string of the molecule is CCCCCCCCCOC(=O)C(C)N(C)C(=O)C(C)N(C)C(=O)OCCCCl. The Kier molecular flexibility index (Phi) is 15.5. The van der Waals surface area contributed by atoms with Gasteiger partial charge in [-0.15, -0.1) is 11.6 Å². The highest BCUT2D eigenvalue weighted by atomic mass is 35.5. The van der Waals surface area contributed by atoms with E-state index < -0.39 is 24.1 Å². The van der Waals surface area contributed by atoms with Gasteiger partial charge in [0.1, 0.15) is 12.1 Å². The maximum Gasteiger partial charge on any atom is 0.410 e. The fourth-order valence-electron chi connectivity index (χ4n) is 2.64. The molecular weight excluding hydrogens is 396 g/mol. The molecule has 0 saturated carbocycles. The maximum atomic E-state index is 12.6. The Balaban J connectivity index is 4.29. The summed E-state index contributed by atoms with van der Waals surface area (Å²) < 4.78 is 10.4. The molecular formula is C21H39ClN2O5. The molecule has 29 heavy (non-hydrogen) atoms. The quantitative estimate of drug-likeness (QED) is 0.219. The molecule has 0 rings (SSSR count). The van der Waals surface area contributed by atoms with E-state index in [0.717, 1.165) is 19.3 Å². The lowest BCUT2D eigenvalue weighted by atomic mass is 10.1. The van der Waals surface area contributed by atoms with Gasteiger partial charge in [-0.3, -0.25) is 9.69 Å². The van der Waals surface area contributed by atoms with Crippen LogP contribution in [0.2, 0.25) is 0 Å². The Morgan fingerprint density at radius 3 is 1.93 bits per heavy atom. The van der Waals surface area contributed by atoms with E-state index >= 15 is 0 Å². The van der Waals surface area contributed by atoms with Crippen LogP contribution in [0.15, 0.2) is 0 Å². The first-order valence-electron chi connectivity index (χ1n) is 10.7. The van der Waals surface area contributed by atoms with Crippen LogP contribution < -0.4 is 0 Å². The zero-order valence-electron chi connectivity index (χ0n) is 18.7. The van der Waals surface area contributed by atoms with Crippen molar-refractivity contribution in [2.24, 2.45) is 0 Å². The van der Waals surface area contributed by atoms with E-state index in [-0.39, 0.29) is 12.5 Å². The van der Waals surface area contributed by atoms with Crippen molar-refractivity contribution in [3.63, 3.8) is 0 Å². The number of carbonyl (C=O) groups is 3. The van der Waals surface area contributed by atoms with Gasteiger partial charge in [0.2, 0.25) is 5.91 Å². The van der Waals surface area contributed by atoms with Crippen molar-refractivity contribution >= 4 is 29.6 Å². The molecule has 0 bridgehead atoms. The molecule has 2 amide bonds. The van der Waals surface area contributed by atoms with Crippen LogP contribution in [0.5, 0.6) is 0 Å². The number of hydrogen-bond donors (Lipinski definition) is 0. The first kappa shape index (κ1) is 27.5. The number of amides is 2. The number of ether oxygens (including phenoxy) is 2. The third-order valence-electron chi connectivity index (χ3n) is 4.99. The Hall–Kier alpha value is -1.50. The fourth-order valence-corrected chi connectivity index (χ4v) is 2.74. The predicted octanol–water partition coefficient (Wildman–Crippen LogP) is 4.21. The van der Waals surface area contributed by atoms with Gasteiger partial charge >= 0.3 is 12.1 Å². The van der Waals surface area contributed by atoms with Crippen LogP contribution >= 0.6 is 11.6 Å². The number of likely N-dealkylation sites (N-methyl/N-ethyl adjacent to an activating group) is 2. The monoisotopic (exact) mass is 434 g/mol. The number of unbranched alkanes of at least 4 members (excludes halogenated alkanes) is 6. The molecule has 0 aliphatic heterocycles. The van der Waals surface area contributed by atoms with Crippen molar-refractivity contribution in [3.8, 4) is 0 Å². The smallest absolute Gasteiger partial charge is 0.410 e. The van der Waals surface area contributed by atoms with Crippen molar-refractivity contribution in [2.75, 3.05) is 33.2 Å². The second-order valence-electron chi connectivity index (χ2n) is 7.36. The van der Waals surface area contributed by atoms with Crippen LogP contribution in [0.1, 0.15) is 72.1 Å². The third-order valence-corrected chi connectivity index (χ3v) is 5.26. The first-order valence-corrected chi connectivity index (χ1v) is 11.2. The van der Waals surface area contributed by atoms with Gasteiger partial charge in [0.05, 0.1) is 13.2 Å². The minimum Gasteiger partial charge on any atom is -0.464 e. The molecule has 0 aromatic rings. The second-order valence-corrected chi connectivity index (χ2v) is 7.74. The van der Waals surface area contributed by atoms with Gasteiger partial charge in [-0.25, -0.2) is 9.59 Å². The van der Waals surface area contributed by atoms with Crippen molar-refractivity contribution in [2.45, 2.75) is 84.2 Å². The number of esters is 1. The normalized spacial score (nSPS) is 12.8. The van der Waals surface area contributed by atoms with Crippen LogP contribution in [-0.4, -0.2) is 73.0 Å². The Morgan fingerprint density at radius 1 is 0.793 bits per heavy atom. The van der Waals surface area contributed by atoms with Crippen molar-refractivity contribution in [1.29, 1.82) is 0 Å². The summed E-state index contributed by atoms with van der Waals surface area (Å²) in [5.74, 6) is -0.402. The minimum absolute atomic E-state index is 0.199. The molecule has 2 unspecified atom stereocenters. The summed E-state index contributed by atoms with van der Waals surface area (Å²) >= 11 is 5.55. The summed E-state index contributed by atoms with van der Waals surface area (Å²) in [5, 5.41) is 0. The number of alkyl halides is 1. The summed E-state index contributed by atoms with van der Waals surface area (Å²) in [5.41, 5.74) is 0. The van der Waals surface area contributed by atoms with Crippen LogP contribution in [-0.2, 0) is 19.1 Å². The Morgan fingerprint density at radius 2 is 1.34 bits per heavy atom. The van der Waals surface area contributed by atoms with E-state index in [1.54, 1.807) is 13.8 Å². The number of hydrogen-bond acceptors (Lipinski definition) is 5. The molecule has 0 aliphatic rings. The molecule has 0 radical (unpaired) electrons. The molecule has 0 saturated heterocycles. The van der Waals surface area contributed by atoms with E-state index in [1.807, 2.05) is 0 Å². The molecule has 2 atom stereocenters. The molecule has 8 heteroatoms. The summed E-state index contributed by atoms with van der Waals surface area (Å²) in [6.45, 7) is 5.97. The lowest BCUT2D eigenvalue weighted by Gasteiger charge is -2.30. The number of carbonyl (C=O) groups excluding carboxylic acids is 3. The molecule has 0 spiro atoms. The molecule has 0 N–H and O–H groups in total. The fraction of sp³-hybridized carbons (Fsp3) is 0.857. The topological polar surface area (TPSA) is 76.2 Å². The summed E-state index contributed by atoms with van der Waals surface area (Å²) in [6.07, 6.45) is 7.93. The molecule has 170 valence electrons. The molecule has 0 fully saturated rings. The van der Waals surface area contributed by atoms with Gasteiger partial charge in [-0.2, -0.15) is 0 Å². The van der Waals surface area contributed by atoms with E-state index in [0.29, 0.717) is 18.9 Å². The lowest BCUT2D eigenvalue weighted by Crippen LogP contribution is -2.51. The Labute approximate surface area is 181 Å². The van der Waals surface area contributed by atoms with E-state index in [2.05, 4.69) is 6.92 Å². The zero-order chi connectivity index (χ0) is 22.2. The van der Waals surface area contributed by atoms with Gasteiger partial charge in [0, 0.05) is 20.0 Å². The highest BCUT2D eigenvalue weighted by Crippen LogP contribution is 2.10. The highest BCUT2D eigenvalue weighted by molar-refractivity contribution is 6.17. The van der Waals surface area contributed by atoms with Gasteiger partial charge in [-0.05, 0) is 26.7 Å². The largest absolute Gasteiger partial charge is 0.464 e. The van der Waals surface area contributed by atoms with E-state index in [9.17, 15) is 14.4 Å². The second kappa shape index (κ2) is 16.3. The standard InChI is InChI=1S/C21H39ClN2O5/c1-6-7-8-9-10-11-12-15-28-20(26)18(3)23(4)19(25)17(2)24(5)21(27)29-16-13-14-22/h17-18H,6-16H2,1-5H3. The van der Waals surface area contributed by atoms with Crippen LogP contribution in [0.25, 0.3) is 0 Å². The molecule has 0 heterocycles. The van der Waals surface area contributed by atoms with Crippen LogP contribution in [0.3, 0.4) is 0 Å². The Bertz CT molecular complexity index is 490. The number of rotatable bonds is 15. The van der Waals surface area contributed by atoms with Crippen LogP contribution in [0, 0.1) is 0 Å². The number of halogens is 1.